The molecule has 0 saturated carbocycles. The van der Waals surface area contributed by atoms with Crippen LogP contribution in [0.15, 0.2) is 29.2 Å². The van der Waals surface area contributed by atoms with E-state index in [1.165, 1.54) is 11.8 Å². The van der Waals surface area contributed by atoms with Gasteiger partial charge in [0, 0.05) is 11.3 Å². The molecule has 0 bridgehead atoms. The van der Waals surface area contributed by atoms with E-state index < -0.39 is 10.7 Å². The molecule has 0 aliphatic rings. The number of amides is 1. The summed E-state index contributed by atoms with van der Waals surface area (Å²) in [6.45, 7) is 5.33. The molecular weight excluding hydrogens is 274 g/mol. The van der Waals surface area contributed by atoms with Crippen molar-refractivity contribution in [1.82, 2.24) is 0 Å². The molecule has 0 saturated heterocycles. The molecule has 0 spiro atoms. The molecule has 110 valence electrons. The van der Waals surface area contributed by atoms with Gasteiger partial charge in [0.1, 0.15) is 4.75 Å². The number of carboxylic acids is 1. The topological polar surface area (TPSA) is 66.4 Å². The second kappa shape index (κ2) is 7.33. The molecule has 1 aromatic rings. The Morgan fingerprint density at radius 1 is 1.30 bits per heavy atom. The van der Waals surface area contributed by atoms with E-state index in [2.05, 4.69) is 5.32 Å². The van der Waals surface area contributed by atoms with Crippen LogP contribution in [0, 0.1) is 0 Å². The molecular formula is C15H21NO3S. The quantitative estimate of drug-likeness (QED) is 0.751. The number of benzene rings is 1. The molecule has 0 aliphatic heterocycles. The zero-order valence-electron chi connectivity index (χ0n) is 12.1. The number of rotatable bonds is 7. The largest absolute Gasteiger partial charge is 0.480 e. The summed E-state index contributed by atoms with van der Waals surface area (Å²) < 4.78 is -0.940. The van der Waals surface area contributed by atoms with Crippen LogP contribution in [-0.4, -0.2) is 21.7 Å². The number of hydrogen-bond donors (Lipinski definition) is 2. The summed E-state index contributed by atoms with van der Waals surface area (Å²) in [5, 5.41) is 12.0. The molecule has 20 heavy (non-hydrogen) atoms. The first kappa shape index (κ1) is 16.6. The molecule has 0 aromatic heterocycles. The first-order chi connectivity index (χ1) is 9.36. The monoisotopic (exact) mass is 295 g/mol. The lowest BCUT2D eigenvalue weighted by Crippen LogP contribution is -2.27. The highest BCUT2D eigenvalue weighted by Crippen LogP contribution is 2.37. The van der Waals surface area contributed by atoms with Gasteiger partial charge in [-0.25, -0.2) is 0 Å². The maximum atomic E-state index is 11.8. The van der Waals surface area contributed by atoms with Crippen LogP contribution in [0.5, 0.6) is 0 Å². The number of carboxylic acid groups (broad SMARTS) is 1. The van der Waals surface area contributed by atoms with Crippen molar-refractivity contribution in [3.63, 3.8) is 0 Å². The number of carbonyl (C=O) groups excluding carboxylic acids is 1. The molecule has 0 fully saturated rings. The van der Waals surface area contributed by atoms with Crippen LogP contribution in [-0.2, 0) is 9.59 Å². The normalized spacial score (nSPS) is 11.2. The van der Waals surface area contributed by atoms with E-state index in [4.69, 9.17) is 0 Å². The first-order valence-electron chi connectivity index (χ1n) is 6.68. The standard InChI is InChI=1S/C15H21NO3S/c1-4-5-10-13(17)16-11-8-6-7-9-12(11)20-15(2,3)14(18)19/h6-9H,4-5,10H2,1-3H3,(H,16,17)(H,18,19). The fraction of sp³-hybridized carbons (Fsp3) is 0.467. The average molecular weight is 295 g/mol. The summed E-state index contributed by atoms with van der Waals surface area (Å²) in [5.41, 5.74) is 0.674. The third-order valence-electron chi connectivity index (χ3n) is 2.80. The Bertz CT molecular complexity index is 486. The molecule has 2 N–H and O–H groups in total. The Morgan fingerprint density at radius 2 is 1.95 bits per heavy atom. The number of hydrogen-bond acceptors (Lipinski definition) is 3. The SMILES string of the molecule is CCCCC(=O)Nc1ccccc1SC(C)(C)C(=O)O. The van der Waals surface area contributed by atoms with Crippen LogP contribution in [0.2, 0.25) is 0 Å². The van der Waals surface area contributed by atoms with Gasteiger partial charge in [0.2, 0.25) is 5.91 Å². The van der Waals surface area contributed by atoms with Crippen molar-refractivity contribution in [2.75, 3.05) is 5.32 Å². The maximum absolute atomic E-state index is 11.8. The number of aliphatic carboxylic acids is 1. The Labute approximate surface area is 124 Å². The van der Waals surface area contributed by atoms with Gasteiger partial charge in [-0.05, 0) is 32.4 Å². The van der Waals surface area contributed by atoms with Crippen LogP contribution in [0.25, 0.3) is 0 Å². The van der Waals surface area contributed by atoms with Crippen LogP contribution in [0.4, 0.5) is 5.69 Å². The number of nitrogens with one attached hydrogen (secondary N) is 1. The maximum Gasteiger partial charge on any atom is 0.319 e. The van der Waals surface area contributed by atoms with Crippen molar-refractivity contribution in [3.05, 3.63) is 24.3 Å². The van der Waals surface area contributed by atoms with Crippen LogP contribution < -0.4 is 5.32 Å². The van der Waals surface area contributed by atoms with Gasteiger partial charge in [-0.15, -0.1) is 11.8 Å². The summed E-state index contributed by atoms with van der Waals surface area (Å²) in [6, 6.07) is 7.28. The van der Waals surface area contributed by atoms with E-state index in [9.17, 15) is 14.7 Å². The Hall–Kier alpha value is -1.49. The second-order valence-electron chi connectivity index (χ2n) is 5.07. The summed E-state index contributed by atoms with van der Waals surface area (Å²) in [7, 11) is 0. The van der Waals surface area contributed by atoms with Gasteiger partial charge < -0.3 is 10.4 Å². The molecule has 1 amide bonds. The molecule has 0 aliphatic carbocycles. The van der Waals surface area contributed by atoms with Crippen LogP contribution >= 0.6 is 11.8 Å². The molecule has 0 radical (unpaired) electrons. The highest BCUT2D eigenvalue weighted by atomic mass is 32.2. The summed E-state index contributed by atoms with van der Waals surface area (Å²) in [5.74, 6) is -0.914. The van der Waals surface area contributed by atoms with Crippen LogP contribution in [0.1, 0.15) is 40.0 Å². The smallest absolute Gasteiger partial charge is 0.319 e. The minimum atomic E-state index is -0.940. The number of thioether (sulfide) groups is 1. The number of carbonyl (C=O) groups is 2. The lowest BCUT2D eigenvalue weighted by atomic mass is 10.2. The van der Waals surface area contributed by atoms with E-state index in [-0.39, 0.29) is 5.91 Å². The van der Waals surface area contributed by atoms with Gasteiger partial charge in [0.25, 0.3) is 0 Å². The molecule has 1 rings (SSSR count). The molecule has 1 aromatic carbocycles. The predicted molar refractivity (Wildman–Crippen MR) is 82.2 cm³/mol. The fourth-order valence-electron chi connectivity index (χ4n) is 1.53. The molecule has 0 unspecified atom stereocenters. The summed E-state index contributed by atoms with van der Waals surface area (Å²) in [6.07, 6.45) is 2.30. The Balaban J connectivity index is 2.83. The Kier molecular flexibility index (Phi) is 6.07. The van der Waals surface area contributed by atoms with Gasteiger partial charge in [-0.1, -0.05) is 25.5 Å². The van der Waals surface area contributed by atoms with E-state index >= 15 is 0 Å². The van der Waals surface area contributed by atoms with Gasteiger partial charge >= 0.3 is 5.97 Å². The van der Waals surface area contributed by atoms with E-state index in [1.54, 1.807) is 19.9 Å². The molecule has 5 heteroatoms. The third kappa shape index (κ3) is 4.89. The summed E-state index contributed by atoms with van der Waals surface area (Å²) >= 11 is 1.23. The second-order valence-corrected chi connectivity index (χ2v) is 6.73. The Morgan fingerprint density at radius 3 is 2.55 bits per heavy atom. The van der Waals surface area contributed by atoms with Crippen molar-refractivity contribution < 1.29 is 14.7 Å². The van der Waals surface area contributed by atoms with Crippen molar-refractivity contribution >= 4 is 29.3 Å². The summed E-state index contributed by atoms with van der Waals surface area (Å²) in [4.78, 5) is 23.7. The van der Waals surface area contributed by atoms with Gasteiger partial charge in [-0.3, -0.25) is 9.59 Å². The molecule has 4 nitrogen and oxygen atoms in total. The van der Waals surface area contributed by atoms with Gasteiger partial charge in [-0.2, -0.15) is 0 Å². The third-order valence-corrected chi connectivity index (χ3v) is 4.06. The van der Waals surface area contributed by atoms with Crippen molar-refractivity contribution in [1.29, 1.82) is 0 Å². The minimum Gasteiger partial charge on any atom is -0.480 e. The molecule has 0 atom stereocenters. The molecule has 0 heterocycles. The first-order valence-corrected chi connectivity index (χ1v) is 7.49. The lowest BCUT2D eigenvalue weighted by molar-refractivity contribution is -0.138. The van der Waals surface area contributed by atoms with Gasteiger partial charge in [0.05, 0.1) is 5.69 Å². The number of unbranched alkanes of at least 4 members (excludes halogenated alkanes) is 1. The van der Waals surface area contributed by atoms with E-state index in [0.29, 0.717) is 12.1 Å². The minimum absolute atomic E-state index is 0.0342. The average Bonchev–Trinajstić information content (AvgIpc) is 2.38. The predicted octanol–water partition coefficient (Wildman–Crippen LogP) is 3.77. The van der Waals surface area contributed by atoms with E-state index in [1.807, 2.05) is 25.1 Å². The highest BCUT2D eigenvalue weighted by molar-refractivity contribution is 8.01. The number of para-hydroxylation sites is 1. The van der Waals surface area contributed by atoms with Crippen molar-refractivity contribution in [2.24, 2.45) is 0 Å². The zero-order valence-corrected chi connectivity index (χ0v) is 12.9. The number of anilines is 1. The van der Waals surface area contributed by atoms with E-state index in [0.717, 1.165) is 17.7 Å². The highest BCUT2D eigenvalue weighted by Gasteiger charge is 2.29. The van der Waals surface area contributed by atoms with Crippen molar-refractivity contribution in [3.8, 4) is 0 Å². The van der Waals surface area contributed by atoms with Crippen LogP contribution in [0.3, 0.4) is 0 Å². The zero-order chi connectivity index (χ0) is 15.2. The van der Waals surface area contributed by atoms with Crippen molar-refractivity contribution in [2.45, 2.75) is 49.7 Å². The lowest BCUT2D eigenvalue weighted by Gasteiger charge is -2.20. The van der Waals surface area contributed by atoms with Gasteiger partial charge in [0.15, 0.2) is 0 Å². The fourth-order valence-corrected chi connectivity index (χ4v) is 2.54.